The molecule has 1 N–H and O–H groups in total. The quantitative estimate of drug-likeness (QED) is 0.513. The van der Waals surface area contributed by atoms with Crippen LogP contribution in [0, 0.1) is 16.7 Å². The third-order valence-electron chi connectivity index (χ3n) is 5.67. The topological polar surface area (TPSA) is 46.5 Å². The van der Waals surface area contributed by atoms with Crippen LogP contribution in [-0.4, -0.2) is 48.2 Å². The average molecular weight is 472 g/mol. The Balaban J connectivity index is 1.47. The van der Waals surface area contributed by atoms with Crippen molar-refractivity contribution in [3.8, 4) is 11.3 Å². The molecule has 0 bridgehead atoms. The summed E-state index contributed by atoms with van der Waals surface area (Å²) in [6.45, 7) is 5.47. The molecule has 1 fully saturated rings. The van der Waals surface area contributed by atoms with Crippen molar-refractivity contribution in [2.24, 2.45) is 0 Å². The fraction of sp³-hybridized carbons (Fsp3) is 0.333. The second-order valence-electron chi connectivity index (χ2n) is 7.86. The van der Waals surface area contributed by atoms with Crippen molar-refractivity contribution in [3.63, 3.8) is 0 Å². The lowest BCUT2D eigenvalue weighted by Crippen LogP contribution is -2.44. The highest BCUT2D eigenvalue weighted by molar-refractivity contribution is 7.73. The maximum atomic E-state index is 13.4. The van der Waals surface area contributed by atoms with E-state index in [1.54, 1.807) is 12.1 Å². The van der Waals surface area contributed by atoms with Gasteiger partial charge < -0.3 is 14.6 Å². The predicted octanol–water partition coefficient (Wildman–Crippen LogP) is 4.58. The van der Waals surface area contributed by atoms with Crippen molar-refractivity contribution < 1.29 is 13.9 Å². The molecule has 1 amide bonds. The molecule has 0 aliphatic carbocycles. The zero-order valence-corrected chi connectivity index (χ0v) is 19.6. The number of benzene rings is 2. The first-order chi connectivity index (χ1) is 15.5. The van der Waals surface area contributed by atoms with Crippen molar-refractivity contribution in [1.82, 2.24) is 14.8 Å². The molecule has 1 saturated heterocycles. The molecule has 1 aliphatic rings. The maximum Gasteiger partial charge on any atom is 0.240 e. The number of nitrogens with one attached hydrogen (secondary N) is 1. The molecule has 5 nitrogen and oxygen atoms in total. The summed E-state index contributed by atoms with van der Waals surface area (Å²) in [6.07, 6.45) is 0. The van der Waals surface area contributed by atoms with Gasteiger partial charge in [0.25, 0.3) is 0 Å². The van der Waals surface area contributed by atoms with Gasteiger partial charge in [0.05, 0.1) is 24.9 Å². The lowest BCUT2D eigenvalue weighted by molar-refractivity contribution is -0.122. The SMILES string of the molecule is Cc1ccc(-c2csc(=S)n2CC(=O)NCC(c2ccc(F)cc2)N2CCOCC2)cc1. The Labute approximate surface area is 196 Å². The van der Waals surface area contributed by atoms with Crippen LogP contribution in [0.5, 0.6) is 0 Å². The first-order valence-corrected chi connectivity index (χ1v) is 11.9. The number of halogens is 1. The van der Waals surface area contributed by atoms with E-state index in [4.69, 9.17) is 17.0 Å². The van der Waals surface area contributed by atoms with Gasteiger partial charge in [0, 0.05) is 25.0 Å². The van der Waals surface area contributed by atoms with Crippen molar-refractivity contribution in [1.29, 1.82) is 0 Å². The highest BCUT2D eigenvalue weighted by Crippen LogP contribution is 2.25. The van der Waals surface area contributed by atoms with Gasteiger partial charge in [-0.05, 0) is 42.4 Å². The third kappa shape index (κ3) is 5.50. The second kappa shape index (κ2) is 10.5. The number of aryl methyl sites for hydroxylation is 1. The normalized spacial score (nSPS) is 15.4. The van der Waals surface area contributed by atoms with Crippen molar-refractivity contribution in [3.05, 3.63) is 74.8 Å². The maximum absolute atomic E-state index is 13.4. The summed E-state index contributed by atoms with van der Waals surface area (Å²) < 4.78 is 21.5. The van der Waals surface area contributed by atoms with Gasteiger partial charge in [0.15, 0.2) is 3.95 Å². The van der Waals surface area contributed by atoms with E-state index in [1.807, 2.05) is 29.0 Å². The minimum absolute atomic E-state index is 0.0459. The highest BCUT2D eigenvalue weighted by Gasteiger charge is 2.23. The predicted molar refractivity (Wildman–Crippen MR) is 128 cm³/mol. The van der Waals surface area contributed by atoms with Gasteiger partial charge in [-0.15, -0.1) is 11.3 Å². The number of amides is 1. The van der Waals surface area contributed by atoms with E-state index in [0.29, 0.717) is 23.7 Å². The van der Waals surface area contributed by atoms with Crippen LogP contribution in [0.15, 0.2) is 53.9 Å². The molecule has 32 heavy (non-hydrogen) atoms. The smallest absolute Gasteiger partial charge is 0.240 e. The summed E-state index contributed by atoms with van der Waals surface area (Å²) in [4.78, 5) is 15.2. The van der Waals surface area contributed by atoms with Crippen LogP contribution in [0.2, 0.25) is 0 Å². The zero-order valence-electron chi connectivity index (χ0n) is 17.9. The number of thiazole rings is 1. The van der Waals surface area contributed by atoms with Crippen molar-refractivity contribution in [2.45, 2.75) is 19.5 Å². The molecule has 2 aromatic carbocycles. The Hall–Kier alpha value is -2.39. The van der Waals surface area contributed by atoms with Gasteiger partial charge in [-0.25, -0.2) is 4.39 Å². The summed E-state index contributed by atoms with van der Waals surface area (Å²) in [6, 6.07) is 14.6. The molecular weight excluding hydrogens is 445 g/mol. The molecule has 0 spiro atoms. The van der Waals surface area contributed by atoms with Gasteiger partial charge in [0.2, 0.25) is 5.91 Å². The largest absolute Gasteiger partial charge is 0.379 e. The van der Waals surface area contributed by atoms with Crippen LogP contribution in [0.4, 0.5) is 4.39 Å². The van der Waals surface area contributed by atoms with Gasteiger partial charge in [-0.1, -0.05) is 42.0 Å². The van der Waals surface area contributed by atoms with E-state index in [2.05, 4.69) is 22.3 Å². The van der Waals surface area contributed by atoms with Crippen LogP contribution in [0.3, 0.4) is 0 Å². The second-order valence-corrected chi connectivity index (χ2v) is 9.36. The van der Waals surface area contributed by atoms with Crippen LogP contribution >= 0.6 is 23.6 Å². The standard InChI is InChI=1S/C24H26FN3O2S2/c1-17-2-4-19(5-3-17)22-16-32-24(31)28(22)15-23(29)26-14-21(27-10-12-30-13-11-27)18-6-8-20(25)9-7-18/h2-9,16,21H,10-15H2,1H3,(H,26,29). The van der Waals surface area contributed by atoms with Gasteiger partial charge in [-0.2, -0.15) is 0 Å². The molecule has 3 aromatic rings. The summed E-state index contributed by atoms with van der Waals surface area (Å²) >= 11 is 6.95. The van der Waals surface area contributed by atoms with Crippen LogP contribution in [-0.2, 0) is 16.1 Å². The minimum Gasteiger partial charge on any atom is -0.379 e. The summed E-state index contributed by atoms with van der Waals surface area (Å²) in [5.74, 6) is -0.373. The molecule has 0 radical (unpaired) electrons. The Morgan fingerprint density at radius 1 is 1.16 bits per heavy atom. The van der Waals surface area contributed by atoms with E-state index in [0.717, 1.165) is 29.9 Å². The number of ether oxygens (including phenoxy) is 1. The lowest BCUT2D eigenvalue weighted by Gasteiger charge is -2.35. The summed E-state index contributed by atoms with van der Waals surface area (Å²) in [5, 5.41) is 5.06. The van der Waals surface area contributed by atoms with E-state index in [-0.39, 0.29) is 24.3 Å². The number of hydrogen-bond acceptors (Lipinski definition) is 5. The molecule has 1 atom stereocenters. The number of carbonyl (C=O) groups excluding carboxylic acids is 1. The van der Waals surface area contributed by atoms with Crippen LogP contribution in [0.25, 0.3) is 11.3 Å². The molecule has 1 aromatic heterocycles. The molecule has 2 heterocycles. The number of morpholine rings is 1. The Morgan fingerprint density at radius 2 is 1.84 bits per heavy atom. The molecule has 1 aliphatic heterocycles. The zero-order chi connectivity index (χ0) is 22.5. The fourth-order valence-electron chi connectivity index (χ4n) is 3.87. The third-order valence-corrected chi connectivity index (χ3v) is 6.94. The van der Waals surface area contributed by atoms with Gasteiger partial charge in [-0.3, -0.25) is 9.69 Å². The lowest BCUT2D eigenvalue weighted by atomic mass is 10.0. The average Bonchev–Trinajstić information content (AvgIpc) is 3.16. The highest BCUT2D eigenvalue weighted by atomic mass is 32.1. The van der Waals surface area contributed by atoms with E-state index in [9.17, 15) is 9.18 Å². The van der Waals surface area contributed by atoms with Gasteiger partial charge in [0.1, 0.15) is 12.4 Å². The van der Waals surface area contributed by atoms with Crippen LogP contribution in [0.1, 0.15) is 17.2 Å². The van der Waals surface area contributed by atoms with Crippen LogP contribution < -0.4 is 5.32 Å². The number of carbonyl (C=O) groups is 1. The molecule has 4 rings (SSSR count). The molecule has 1 unspecified atom stereocenters. The van der Waals surface area contributed by atoms with E-state index in [1.165, 1.54) is 29.0 Å². The first-order valence-electron chi connectivity index (χ1n) is 10.6. The van der Waals surface area contributed by atoms with E-state index < -0.39 is 0 Å². The number of rotatable bonds is 7. The minimum atomic E-state index is -0.269. The van der Waals surface area contributed by atoms with Gasteiger partial charge >= 0.3 is 0 Å². The molecular formula is C24H26FN3O2S2. The molecule has 168 valence electrons. The summed E-state index contributed by atoms with van der Waals surface area (Å²) in [7, 11) is 0. The van der Waals surface area contributed by atoms with Crippen molar-refractivity contribution in [2.75, 3.05) is 32.8 Å². The Morgan fingerprint density at radius 3 is 2.53 bits per heavy atom. The fourth-order valence-corrected chi connectivity index (χ4v) is 4.94. The van der Waals surface area contributed by atoms with E-state index >= 15 is 0 Å². The summed E-state index contributed by atoms with van der Waals surface area (Å²) in [5.41, 5.74) is 4.13. The Bertz CT molecular complexity index is 1100. The Kier molecular flexibility index (Phi) is 7.47. The molecule has 8 heteroatoms. The molecule has 0 saturated carbocycles. The monoisotopic (exact) mass is 471 g/mol. The van der Waals surface area contributed by atoms with Crippen molar-refractivity contribution >= 4 is 29.5 Å². The number of aromatic nitrogens is 1. The first kappa shape index (κ1) is 22.8. The number of nitrogens with zero attached hydrogens (tertiary/aromatic N) is 2. The number of hydrogen-bond donors (Lipinski definition) is 1.